The van der Waals surface area contributed by atoms with E-state index in [1.54, 1.807) is 12.1 Å². The number of hydrogen-bond acceptors (Lipinski definition) is 2. The van der Waals surface area contributed by atoms with Crippen LogP contribution in [0.4, 0.5) is 0 Å². The van der Waals surface area contributed by atoms with E-state index >= 15 is 0 Å². The van der Waals surface area contributed by atoms with E-state index in [1.165, 1.54) is 0 Å². The Hall–Kier alpha value is -1.03. The summed E-state index contributed by atoms with van der Waals surface area (Å²) >= 11 is 3.37. The van der Waals surface area contributed by atoms with Crippen molar-refractivity contribution in [2.24, 2.45) is 5.92 Å². The number of aromatic carboxylic acids is 1. The minimum atomic E-state index is -0.902. The maximum atomic E-state index is 10.9. The lowest BCUT2D eigenvalue weighted by Gasteiger charge is -2.10. The second-order valence-corrected chi connectivity index (χ2v) is 5.05. The van der Waals surface area contributed by atoms with Crippen LogP contribution in [0.5, 0.6) is 5.75 Å². The highest BCUT2D eigenvalue weighted by atomic mass is 79.9. The van der Waals surface area contributed by atoms with Gasteiger partial charge >= 0.3 is 5.97 Å². The first-order valence-electron chi connectivity index (χ1n) is 5.26. The Balaban J connectivity index is 2.48. The summed E-state index contributed by atoms with van der Waals surface area (Å²) in [7, 11) is 0. The fraction of sp³-hybridized carbons (Fsp3) is 0.417. The summed E-state index contributed by atoms with van der Waals surface area (Å²) < 4.78 is 6.38. The molecule has 1 heterocycles. The van der Waals surface area contributed by atoms with Crippen molar-refractivity contribution >= 4 is 21.9 Å². The van der Waals surface area contributed by atoms with Gasteiger partial charge in [0.25, 0.3) is 0 Å². The molecule has 0 amide bonds. The molecule has 1 aliphatic rings. The molecule has 0 saturated carbocycles. The van der Waals surface area contributed by atoms with Crippen LogP contribution in [0.1, 0.15) is 29.3 Å². The first-order valence-corrected chi connectivity index (χ1v) is 6.05. The van der Waals surface area contributed by atoms with E-state index in [0.717, 1.165) is 28.6 Å². The normalized spacial score (nSPS) is 19.5. The molecule has 4 heteroatoms. The number of carbonyl (C=O) groups is 1. The standard InChI is InChI=1S/C12H13BrO3/c1-7-2-3-16-11-8(4-7)5-9(12(14)15)6-10(11)13/h5-7H,2-4H2,1H3,(H,14,15). The lowest BCUT2D eigenvalue weighted by atomic mass is 9.97. The summed E-state index contributed by atoms with van der Waals surface area (Å²) in [5, 5.41) is 8.99. The van der Waals surface area contributed by atoms with Gasteiger partial charge in [-0.3, -0.25) is 0 Å². The zero-order chi connectivity index (χ0) is 11.7. The van der Waals surface area contributed by atoms with Crippen LogP contribution < -0.4 is 4.74 Å². The Kier molecular flexibility index (Phi) is 3.19. The number of carboxylic acids is 1. The highest BCUT2D eigenvalue weighted by molar-refractivity contribution is 9.10. The van der Waals surface area contributed by atoms with Gasteiger partial charge in [0.15, 0.2) is 0 Å². The van der Waals surface area contributed by atoms with Crippen LogP contribution in [0.2, 0.25) is 0 Å². The molecule has 16 heavy (non-hydrogen) atoms. The Morgan fingerprint density at radius 2 is 2.31 bits per heavy atom. The molecule has 1 unspecified atom stereocenters. The minimum absolute atomic E-state index is 0.309. The van der Waals surface area contributed by atoms with Crippen molar-refractivity contribution in [2.45, 2.75) is 19.8 Å². The van der Waals surface area contributed by atoms with Gasteiger partial charge in [-0.2, -0.15) is 0 Å². The number of hydrogen-bond donors (Lipinski definition) is 1. The number of rotatable bonds is 1. The molecule has 1 N–H and O–H groups in total. The molecular formula is C12H13BrO3. The summed E-state index contributed by atoms with van der Waals surface area (Å²) in [6, 6.07) is 3.31. The second-order valence-electron chi connectivity index (χ2n) is 4.20. The monoisotopic (exact) mass is 284 g/mol. The van der Waals surface area contributed by atoms with Gasteiger partial charge in [-0.25, -0.2) is 4.79 Å². The van der Waals surface area contributed by atoms with E-state index < -0.39 is 5.97 Å². The summed E-state index contributed by atoms with van der Waals surface area (Å²) in [5.74, 6) is 0.423. The third-order valence-corrected chi connectivity index (χ3v) is 3.38. The molecule has 1 aliphatic heterocycles. The molecule has 0 saturated heterocycles. The predicted octanol–water partition coefficient (Wildman–Crippen LogP) is 3.11. The van der Waals surface area contributed by atoms with Crippen LogP contribution >= 0.6 is 15.9 Å². The van der Waals surface area contributed by atoms with Crippen molar-refractivity contribution < 1.29 is 14.6 Å². The summed E-state index contributed by atoms with van der Waals surface area (Å²) in [6.07, 6.45) is 1.87. The maximum absolute atomic E-state index is 10.9. The minimum Gasteiger partial charge on any atom is -0.492 e. The number of benzene rings is 1. The van der Waals surface area contributed by atoms with Gasteiger partial charge in [0.2, 0.25) is 0 Å². The molecule has 3 nitrogen and oxygen atoms in total. The number of fused-ring (bicyclic) bond motifs is 1. The molecule has 0 spiro atoms. The fourth-order valence-electron chi connectivity index (χ4n) is 1.93. The first-order chi connectivity index (χ1) is 7.58. The highest BCUT2D eigenvalue weighted by Crippen LogP contribution is 2.35. The Morgan fingerprint density at radius 1 is 1.56 bits per heavy atom. The molecular weight excluding hydrogens is 272 g/mol. The van der Waals surface area contributed by atoms with Crippen LogP contribution in [-0.2, 0) is 6.42 Å². The molecule has 0 aliphatic carbocycles. The van der Waals surface area contributed by atoms with Crippen molar-refractivity contribution in [1.82, 2.24) is 0 Å². The SMILES string of the molecule is CC1CCOc2c(Br)cc(C(=O)O)cc2C1. The van der Waals surface area contributed by atoms with E-state index in [2.05, 4.69) is 22.9 Å². The molecule has 86 valence electrons. The topological polar surface area (TPSA) is 46.5 Å². The van der Waals surface area contributed by atoms with Crippen molar-refractivity contribution in [1.29, 1.82) is 0 Å². The lowest BCUT2D eigenvalue weighted by molar-refractivity contribution is 0.0696. The average Bonchev–Trinajstić information content (AvgIpc) is 2.38. The van der Waals surface area contributed by atoms with E-state index in [1.807, 2.05) is 0 Å². The summed E-state index contributed by atoms with van der Waals surface area (Å²) in [5.41, 5.74) is 1.29. The van der Waals surface area contributed by atoms with Gasteiger partial charge in [-0.1, -0.05) is 6.92 Å². The number of halogens is 1. The third-order valence-electron chi connectivity index (χ3n) is 2.79. The van der Waals surface area contributed by atoms with Crippen LogP contribution in [-0.4, -0.2) is 17.7 Å². The molecule has 0 fully saturated rings. The molecule has 0 bridgehead atoms. The summed E-state index contributed by atoms with van der Waals surface area (Å²) in [6.45, 7) is 2.85. The quantitative estimate of drug-likeness (QED) is 0.862. The molecule has 0 radical (unpaired) electrons. The van der Waals surface area contributed by atoms with E-state index in [9.17, 15) is 4.79 Å². The average molecular weight is 285 g/mol. The predicted molar refractivity (Wildman–Crippen MR) is 64.1 cm³/mol. The van der Waals surface area contributed by atoms with Crippen molar-refractivity contribution in [3.05, 3.63) is 27.7 Å². The van der Waals surface area contributed by atoms with Crippen LogP contribution in [0.15, 0.2) is 16.6 Å². The molecule has 1 atom stereocenters. The number of carboxylic acid groups (broad SMARTS) is 1. The lowest BCUT2D eigenvalue weighted by Crippen LogP contribution is -2.01. The molecule has 2 rings (SSSR count). The first kappa shape index (κ1) is 11.5. The van der Waals surface area contributed by atoms with Gasteiger partial charge in [-0.05, 0) is 52.4 Å². The fourth-order valence-corrected chi connectivity index (χ4v) is 2.54. The van der Waals surface area contributed by atoms with E-state index in [-0.39, 0.29) is 0 Å². The van der Waals surface area contributed by atoms with E-state index in [0.29, 0.717) is 18.1 Å². The van der Waals surface area contributed by atoms with Crippen molar-refractivity contribution in [3.8, 4) is 5.75 Å². The van der Waals surface area contributed by atoms with Crippen molar-refractivity contribution in [2.75, 3.05) is 6.61 Å². The smallest absolute Gasteiger partial charge is 0.335 e. The van der Waals surface area contributed by atoms with Gasteiger partial charge in [0, 0.05) is 0 Å². The molecule has 1 aromatic rings. The highest BCUT2D eigenvalue weighted by Gasteiger charge is 2.19. The summed E-state index contributed by atoms with van der Waals surface area (Å²) in [4.78, 5) is 10.9. The molecule has 0 aromatic heterocycles. The molecule has 1 aromatic carbocycles. The number of ether oxygens (including phenoxy) is 1. The zero-order valence-electron chi connectivity index (χ0n) is 9.00. The Morgan fingerprint density at radius 3 is 3.00 bits per heavy atom. The van der Waals surface area contributed by atoms with E-state index in [4.69, 9.17) is 9.84 Å². The van der Waals surface area contributed by atoms with Gasteiger partial charge in [0.1, 0.15) is 5.75 Å². The van der Waals surface area contributed by atoms with Gasteiger partial charge < -0.3 is 9.84 Å². The zero-order valence-corrected chi connectivity index (χ0v) is 10.6. The Labute approximate surface area is 103 Å². The largest absolute Gasteiger partial charge is 0.492 e. The maximum Gasteiger partial charge on any atom is 0.335 e. The second kappa shape index (κ2) is 4.45. The van der Waals surface area contributed by atoms with Crippen LogP contribution in [0.3, 0.4) is 0 Å². The van der Waals surface area contributed by atoms with Crippen molar-refractivity contribution in [3.63, 3.8) is 0 Å². The van der Waals surface area contributed by atoms with Gasteiger partial charge in [-0.15, -0.1) is 0 Å². The third kappa shape index (κ3) is 2.21. The van der Waals surface area contributed by atoms with Crippen LogP contribution in [0.25, 0.3) is 0 Å². The Bertz CT molecular complexity index is 429. The van der Waals surface area contributed by atoms with Crippen LogP contribution in [0, 0.1) is 5.92 Å². The van der Waals surface area contributed by atoms with Gasteiger partial charge in [0.05, 0.1) is 16.6 Å².